The lowest BCUT2D eigenvalue weighted by molar-refractivity contribution is -0.120. The summed E-state index contributed by atoms with van der Waals surface area (Å²) in [5.74, 6) is 0.390. The predicted octanol–water partition coefficient (Wildman–Crippen LogP) is 5.42. The second-order valence-corrected chi connectivity index (χ2v) is 8.77. The molecular weight excluding hydrogens is 488 g/mol. The van der Waals surface area contributed by atoms with Crippen LogP contribution in [0.3, 0.4) is 0 Å². The third kappa shape index (κ3) is 5.87. The summed E-state index contributed by atoms with van der Waals surface area (Å²) in [5, 5.41) is 9.00. The molecule has 0 aliphatic rings. The van der Waals surface area contributed by atoms with E-state index in [-0.39, 0.29) is 17.1 Å². The second-order valence-electron chi connectivity index (χ2n) is 7.38. The number of carbonyl (C=O) groups excluding carboxylic acids is 1. The molecule has 2 N–H and O–H groups in total. The van der Waals surface area contributed by atoms with Crippen LogP contribution in [-0.4, -0.2) is 30.5 Å². The van der Waals surface area contributed by atoms with Gasteiger partial charge in [0.25, 0.3) is 16.6 Å². The third-order valence-electron chi connectivity index (χ3n) is 4.98. The number of ether oxygens (including phenoxy) is 3. The smallest absolute Gasteiger partial charge is 0.335 e. The molecule has 0 aromatic heterocycles. The molecule has 0 radical (unpaired) electrons. The van der Waals surface area contributed by atoms with Gasteiger partial charge in [0.15, 0.2) is 0 Å². The standard InChI is InChI=1S/C26H18O9S/c27-16-33-20-10-12-22(13-11-20)34-21-6-1-17(2-7-21)19-5-14-24(25(15-19)36(30,31)32)35-23-8-3-18(4-9-23)26(28)29/h1-16H,(H,28,29)(H,30,31,32). The normalized spacial score (nSPS) is 10.9. The van der Waals surface area contributed by atoms with E-state index in [1.807, 2.05) is 0 Å². The van der Waals surface area contributed by atoms with Gasteiger partial charge in [0.1, 0.15) is 33.6 Å². The highest BCUT2D eigenvalue weighted by atomic mass is 32.2. The van der Waals surface area contributed by atoms with Gasteiger partial charge in [-0.05, 0) is 83.9 Å². The summed E-state index contributed by atoms with van der Waals surface area (Å²) in [6, 6.07) is 22.9. The summed E-state index contributed by atoms with van der Waals surface area (Å²) in [5.41, 5.74) is 1.20. The Kier molecular flexibility index (Phi) is 7.00. The van der Waals surface area contributed by atoms with E-state index in [0.29, 0.717) is 34.8 Å². The van der Waals surface area contributed by atoms with Crippen molar-refractivity contribution in [2.24, 2.45) is 0 Å². The number of carbonyl (C=O) groups is 2. The van der Waals surface area contributed by atoms with Crippen LogP contribution in [0.5, 0.6) is 28.7 Å². The summed E-state index contributed by atoms with van der Waals surface area (Å²) < 4.78 is 49.9. The molecule has 182 valence electrons. The molecule has 9 nitrogen and oxygen atoms in total. The minimum Gasteiger partial charge on any atom is -0.478 e. The zero-order valence-electron chi connectivity index (χ0n) is 18.4. The van der Waals surface area contributed by atoms with Crippen LogP contribution in [0.2, 0.25) is 0 Å². The Labute approximate surface area is 205 Å². The molecule has 0 unspecified atom stereocenters. The highest BCUT2D eigenvalue weighted by Gasteiger charge is 2.19. The van der Waals surface area contributed by atoms with Crippen LogP contribution < -0.4 is 14.2 Å². The van der Waals surface area contributed by atoms with E-state index in [1.54, 1.807) is 54.6 Å². The van der Waals surface area contributed by atoms with E-state index in [0.717, 1.165) is 0 Å². The van der Waals surface area contributed by atoms with Crippen LogP contribution in [0.4, 0.5) is 0 Å². The Morgan fingerprint density at radius 3 is 1.75 bits per heavy atom. The molecule has 0 aliphatic carbocycles. The molecule has 0 aliphatic heterocycles. The lowest BCUT2D eigenvalue weighted by Gasteiger charge is -2.12. The van der Waals surface area contributed by atoms with Crippen molar-refractivity contribution in [3.05, 3.63) is 96.6 Å². The number of carboxylic acid groups (broad SMARTS) is 1. The Bertz CT molecular complexity index is 1490. The topological polar surface area (TPSA) is 136 Å². The van der Waals surface area contributed by atoms with Gasteiger partial charge in [-0.3, -0.25) is 9.35 Å². The highest BCUT2D eigenvalue weighted by Crippen LogP contribution is 2.34. The molecule has 0 spiro atoms. The van der Waals surface area contributed by atoms with Gasteiger partial charge in [-0.2, -0.15) is 8.42 Å². The van der Waals surface area contributed by atoms with E-state index in [2.05, 4.69) is 0 Å². The quantitative estimate of drug-likeness (QED) is 0.225. The van der Waals surface area contributed by atoms with Gasteiger partial charge in [0.05, 0.1) is 5.56 Å². The number of aromatic carboxylic acids is 1. The molecule has 4 rings (SSSR count). The Balaban J connectivity index is 1.55. The summed E-state index contributed by atoms with van der Waals surface area (Å²) in [7, 11) is -4.64. The Hall–Kier alpha value is -4.67. The van der Waals surface area contributed by atoms with Crippen molar-refractivity contribution in [2.45, 2.75) is 4.90 Å². The van der Waals surface area contributed by atoms with Crippen molar-refractivity contribution in [1.82, 2.24) is 0 Å². The minimum absolute atomic E-state index is 0.0454. The molecule has 0 heterocycles. The zero-order valence-corrected chi connectivity index (χ0v) is 19.2. The molecule has 10 heteroatoms. The first kappa shape index (κ1) is 24.5. The van der Waals surface area contributed by atoms with Gasteiger partial charge in [-0.25, -0.2) is 4.79 Å². The van der Waals surface area contributed by atoms with Crippen molar-refractivity contribution < 1.29 is 41.9 Å². The van der Waals surface area contributed by atoms with Gasteiger partial charge >= 0.3 is 5.97 Å². The van der Waals surface area contributed by atoms with E-state index in [4.69, 9.17) is 19.3 Å². The van der Waals surface area contributed by atoms with Gasteiger partial charge in [-0.15, -0.1) is 0 Å². The van der Waals surface area contributed by atoms with E-state index < -0.39 is 21.0 Å². The number of carboxylic acids is 1. The number of hydrogen-bond acceptors (Lipinski definition) is 7. The molecule has 4 aromatic rings. The van der Waals surface area contributed by atoms with Gasteiger partial charge in [-0.1, -0.05) is 18.2 Å². The van der Waals surface area contributed by atoms with Crippen LogP contribution >= 0.6 is 0 Å². The first-order chi connectivity index (χ1) is 17.2. The van der Waals surface area contributed by atoms with Crippen molar-refractivity contribution in [2.75, 3.05) is 0 Å². The highest BCUT2D eigenvalue weighted by molar-refractivity contribution is 7.86. The average molecular weight is 506 g/mol. The minimum atomic E-state index is -4.64. The van der Waals surface area contributed by atoms with Gasteiger partial charge in [0.2, 0.25) is 0 Å². The fourth-order valence-corrected chi connectivity index (χ4v) is 3.90. The fraction of sp³-hybridized carbons (Fsp3) is 0. The molecule has 0 saturated carbocycles. The first-order valence-corrected chi connectivity index (χ1v) is 11.8. The van der Waals surface area contributed by atoms with Crippen molar-refractivity contribution in [1.29, 1.82) is 0 Å². The van der Waals surface area contributed by atoms with Gasteiger partial charge < -0.3 is 19.3 Å². The zero-order chi connectivity index (χ0) is 25.7. The second kappa shape index (κ2) is 10.3. The Morgan fingerprint density at radius 2 is 1.19 bits per heavy atom. The lowest BCUT2D eigenvalue weighted by atomic mass is 10.1. The molecule has 36 heavy (non-hydrogen) atoms. The van der Waals surface area contributed by atoms with Gasteiger partial charge in [0, 0.05) is 0 Å². The van der Waals surface area contributed by atoms with Crippen LogP contribution in [0, 0.1) is 0 Å². The molecule has 0 saturated heterocycles. The maximum absolute atomic E-state index is 12.0. The molecular formula is C26H18O9S. The predicted molar refractivity (Wildman–Crippen MR) is 128 cm³/mol. The summed E-state index contributed by atoms with van der Waals surface area (Å²) in [6.45, 7) is 0.333. The third-order valence-corrected chi connectivity index (χ3v) is 5.86. The summed E-state index contributed by atoms with van der Waals surface area (Å²) in [4.78, 5) is 20.9. The molecule has 4 aromatic carbocycles. The van der Waals surface area contributed by atoms with E-state index >= 15 is 0 Å². The first-order valence-electron chi connectivity index (χ1n) is 10.3. The van der Waals surface area contributed by atoms with Crippen LogP contribution in [0.25, 0.3) is 11.1 Å². The molecule has 0 amide bonds. The van der Waals surface area contributed by atoms with E-state index in [9.17, 15) is 22.6 Å². The van der Waals surface area contributed by atoms with Crippen LogP contribution in [-0.2, 0) is 14.9 Å². The maximum Gasteiger partial charge on any atom is 0.335 e. The fourth-order valence-electron chi connectivity index (χ4n) is 3.26. The SMILES string of the molecule is O=COc1ccc(Oc2ccc(-c3ccc(Oc4ccc(C(=O)O)cc4)c(S(=O)(=O)O)c3)cc2)cc1. The number of hydrogen-bond donors (Lipinski definition) is 2. The average Bonchev–Trinajstić information content (AvgIpc) is 2.86. The van der Waals surface area contributed by atoms with Crippen LogP contribution in [0.15, 0.2) is 95.9 Å². The lowest BCUT2D eigenvalue weighted by Crippen LogP contribution is -2.02. The van der Waals surface area contributed by atoms with Crippen molar-refractivity contribution in [3.63, 3.8) is 0 Å². The maximum atomic E-state index is 12.0. The molecule has 0 fully saturated rings. The van der Waals surface area contributed by atoms with Crippen molar-refractivity contribution >= 4 is 22.6 Å². The van der Waals surface area contributed by atoms with Crippen molar-refractivity contribution in [3.8, 4) is 39.9 Å². The number of benzene rings is 4. The number of rotatable bonds is 9. The molecule has 0 bridgehead atoms. The summed E-state index contributed by atoms with van der Waals surface area (Å²) >= 11 is 0. The largest absolute Gasteiger partial charge is 0.478 e. The summed E-state index contributed by atoms with van der Waals surface area (Å²) in [6.07, 6.45) is 0. The van der Waals surface area contributed by atoms with E-state index in [1.165, 1.54) is 36.4 Å². The Morgan fingerprint density at radius 1 is 0.694 bits per heavy atom. The monoisotopic (exact) mass is 506 g/mol. The molecule has 0 atom stereocenters. The van der Waals surface area contributed by atoms with Crippen LogP contribution in [0.1, 0.15) is 10.4 Å².